The third-order valence-corrected chi connectivity index (χ3v) is 4.67. The molecule has 26 heavy (non-hydrogen) atoms. The monoisotopic (exact) mass is 364 g/mol. The molecule has 4 nitrogen and oxygen atoms in total. The zero-order valence-electron chi connectivity index (χ0n) is 14.0. The zero-order chi connectivity index (χ0) is 17.9. The zero-order valence-corrected chi connectivity index (χ0v) is 14.8. The van der Waals surface area contributed by atoms with E-state index in [-0.39, 0.29) is 12.0 Å². The smallest absolute Gasteiger partial charge is 0.246 e. The van der Waals surface area contributed by atoms with Crippen molar-refractivity contribution in [3.63, 3.8) is 0 Å². The van der Waals surface area contributed by atoms with Crippen molar-refractivity contribution in [2.75, 3.05) is 13.1 Å². The second-order valence-corrected chi connectivity index (χ2v) is 6.59. The molecule has 3 aromatic rings. The summed E-state index contributed by atoms with van der Waals surface area (Å²) in [5.41, 5.74) is 1.73. The highest BCUT2D eigenvalue weighted by Gasteiger charge is 2.31. The number of amides is 1. The highest BCUT2D eigenvalue weighted by molar-refractivity contribution is 6.32. The summed E-state index contributed by atoms with van der Waals surface area (Å²) < 4.78 is 5.87. The van der Waals surface area contributed by atoms with E-state index in [4.69, 9.17) is 16.3 Å². The van der Waals surface area contributed by atoms with Crippen LogP contribution in [0.2, 0.25) is 5.02 Å². The normalized spacial score (nSPS) is 14.6. The first-order valence-corrected chi connectivity index (χ1v) is 8.81. The van der Waals surface area contributed by atoms with Crippen LogP contribution in [-0.2, 0) is 4.79 Å². The number of halogens is 1. The van der Waals surface area contributed by atoms with E-state index >= 15 is 0 Å². The Morgan fingerprint density at radius 1 is 1.08 bits per heavy atom. The second-order valence-electron chi connectivity index (χ2n) is 6.18. The molecule has 0 radical (unpaired) electrons. The fraction of sp³-hybridized carbons (Fsp3) is 0.143. The average Bonchev–Trinajstić information content (AvgIpc) is 2.63. The lowest BCUT2D eigenvalue weighted by atomic mass is 10.1. The number of para-hydroxylation sites is 1. The molecule has 0 saturated carbocycles. The molecule has 0 aliphatic carbocycles. The van der Waals surface area contributed by atoms with Crippen molar-refractivity contribution in [3.8, 4) is 5.88 Å². The van der Waals surface area contributed by atoms with E-state index in [1.54, 1.807) is 23.1 Å². The highest BCUT2D eigenvalue weighted by Crippen LogP contribution is 2.21. The Hall–Kier alpha value is -2.85. The van der Waals surface area contributed by atoms with E-state index in [1.807, 2.05) is 54.6 Å². The van der Waals surface area contributed by atoms with Crippen molar-refractivity contribution in [1.82, 2.24) is 9.88 Å². The van der Waals surface area contributed by atoms with Crippen molar-refractivity contribution >= 4 is 34.5 Å². The van der Waals surface area contributed by atoms with Gasteiger partial charge >= 0.3 is 0 Å². The van der Waals surface area contributed by atoms with E-state index in [1.165, 1.54) is 0 Å². The third kappa shape index (κ3) is 3.55. The van der Waals surface area contributed by atoms with Gasteiger partial charge in [0.25, 0.3) is 0 Å². The summed E-state index contributed by atoms with van der Waals surface area (Å²) in [7, 11) is 0. The molecule has 5 heteroatoms. The van der Waals surface area contributed by atoms with Crippen molar-refractivity contribution in [1.29, 1.82) is 0 Å². The summed E-state index contributed by atoms with van der Waals surface area (Å²) in [5.74, 6) is 0.545. The van der Waals surface area contributed by atoms with Crippen molar-refractivity contribution in [2.45, 2.75) is 6.10 Å². The number of ether oxygens (including phenoxy) is 1. The molecule has 0 spiro atoms. The minimum atomic E-state index is -0.0451. The molecule has 1 fully saturated rings. The summed E-state index contributed by atoms with van der Waals surface area (Å²) in [4.78, 5) is 18.4. The van der Waals surface area contributed by atoms with Gasteiger partial charge in [0.1, 0.15) is 6.10 Å². The fourth-order valence-corrected chi connectivity index (χ4v) is 3.05. The maximum atomic E-state index is 12.2. The lowest BCUT2D eigenvalue weighted by molar-refractivity contribution is -0.134. The molecule has 2 heterocycles. The van der Waals surface area contributed by atoms with Gasteiger partial charge in [0.15, 0.2) is 0 Å². The molecular formula is C21H17ClN2O2. The summed E-state index contributed by atoms with van der Waals surface area (Å²) in [6.07, 6.45) is 3.26. The van der Waals surface area contributed by atoms with Gasteiger partial charge < -0.3 is 9.64 Å². The SMILES string of the molecule is O=C(/C=C/c1ccccc1Cl)N1CC(Oc2ccc3ccccc3n2)C1. The Bertz CT molecular complexity index is 980. The number of likely N-dealkylation sites (tertiary alicyclic amines) is 1. The number of rotatable bonds is 4. The number of carbonyl (C=O) groups excluding carboxylic acids is 1. The van der Waals surface area contributed by atoms with Crippen LogP contribution >= 0.6 is 11.6 Å². The van der Waals surface area contributed by atoms with Gasteiger partial charge in [0.2, 0.25) is 11.8 Å². The van der Waals surface area contributed by atoms with Gasteiger partial charge in [-0.1, -0.05) is 48.0 Å². The van der Waals surface area contributed by atoms with E-state index in [0.717, 1.165) is 16.5 Å². The molecule has 1 aromatic heterocycles. The van der Waals surface area contributed by atoms with Crippen LogP contribution < -0.4 is 4.74 Å². The van der Waals surface area contributed by atoms with Gasteiger partial charge in [-0.2, -0.15) is 0 Å². The molecule has 130 valence electrons. The number of hydrogen-bond acceptors (Lipinski definition) is 3. The predicted molar refractivity (Wildman–Crippen MR) is 103 cm³/mol. The minimum absolute atomic E-state index is 0.0266. The molecule has 1 amide bonds. The number of carbonyl (C=O) groups is 1. The number of fused-ring (bicyclic) bond motifs is 1. The van der Waals surface area contributed by atoms with Crippen LogP contribution in [0.15, 0.2) is 66.7 Å². The first kappa shape index (κ1) is 16.6. The van der Waals surface area contributed by atoms with Crippen molar-refractivity contribution in [3.05, 3.63) is 77.3 Å². The minimum Gasteiger partial charge on any atom is -0.471 e. The van der Waals surface area contributed by atoms with Crippen LogP contribution in [0.5, 0.6) is 5.88 Å². The van der Waals surface area contributed by atoms with Gasteiger partial charge in [-0.25, -0.2) is 4.98 Å². The van der Waals surface area contributed by atoms with Crippen molar-refractivity contribution < 1.29 is 9.53 Å². The van der Waals surface area contributed by atoms with Crippen LogP contribution in [0.4, 0.5) is 0 Å². The van der Waals surface area contributed by atoms with E-state index in [9.17, 15) is 4.79 Å². The van der Waals surface area contributed by atoms with Crippen LogP contribution in [0.25, 0.3) is 17.0 Å². The Morgan fingerprint density at radius 3 is 2.69 bits per heavy atom. The number of hydrogen-bond donors (Lipinski definition) is 0. The Balaban J connectivity index is 1.33. The number of pyridine rings is 1. The topological polar surface area (TPSA) is 42.4 Å². The standard InChI is InChI=1S/C21H17ClN2O2/c22-18-7-3-1-5-15(18)10-12-21(25)24-13-17(14-24)26-20-11-9-16-6-2-4-8-19(16)23-20/h1-12,17H,13-14H2/b12-10+. The van der Waals surface area contributed by atoms with E-state index in [2.05, 4.69) is 4.98 Å². The molecule has 0 unspecified atom stereocenters. The van der Waals surface area contributed by atoms with Crippen LogP contribution in [0, 0.1) is 0 Å². The first-order chi connectivity index (χ1) is 12.7. The van der Waals surface area contributed by atoms with Gasteiger partial charge in [-0.15, -0.1) is 0 Å². The van der Waals surface area contributed by atoms with Gasteiger partial charge in [0.05, 0.1) is 18.6 Å². The lowest BCUT2D eigenvalue weighted by Gasteiger charge is -2.38. The number of nitrogens with zero attached hydrogens (tertiary/aromatic N) is 2. The van der Waals surface area contributed by atoms with E-state index in [0.29, 0.717) is 24.0 Å². The molecular weight excluding hydrogens is 348 g/mol. The quantitative estimate of drug-likeness (QED) is 0.652. The second kappa shape index (κ2) is 7.18. The predicted octanol–water partition coefficient (Wildman–Crippen LogP) is 4.19. The molecule has 1 aliphatic rings. The van der Waals surface area contributed by atoms with Gasteiger partial charge in [0, 0.05) is 22.6 Å². The Labute approximate surface area is 156 Å². The van der Waals surface area contributed by atoms with Gasteiger partial charge in [-0.3, -0.25) is 4.79 Å². The van der Waals surface area contributed by atoms with Crippen LogP contribution in [0.1, 0.15) is 5.56 Å². The molecule has 0 N–H and O–H groups in total. The Morgan fingerprint density at radius 2 is 1.85 bits per heavy atom. The van der Waals surface area contributed by atoms with Crippen molar-refractivity contribution in [2.24, 2.45) is 0 Å². The highest BCUT2D eigenvalue weighted by atomic mass is 35.5. The Kier molecular flexibility index (Phi) is 4.59. The maximum absolute atomic E-state index is 12.2. The molecule has 1 aliphatic heterocycles. The summed E-state index contributed by atoms with van der Waals surface area (Å²) in [5, 5.41) is 1.71. The van der Waals surface area contributed by atoms with Gasteiger partial charge in [-0.05, 0) is 29.8 Å². The average molecular weight is 365 g/mol. The summed E-state index contributed by atoms with van der Waals surface area (Å²) in [6, 6.07) is 19.2. The number of benzene rings is 2. The summed E-state index contributed by atoms with van der Waals surface area (Å²) in [6.45, 7) is 1.11. The van der Waals surface area contributed by atoms with Crippen LogP contribution in [-0.4, -0.2) is 35.0 Å². The third-order valence-electron chi connectivity index (χ3n) is 4.33. The maximum Gasteiger partial charge on any atom is 0.246 e. The fourth-order valence-electron chi connectivity index (χ4n) is 2.85. The molecule has 2 aromatic carbocycles. The van der Waals surface area contributed by atoms with Crippen LogP contribution in [0.3, 0.4) is 0 Å². The molecule has 1 saturated heterocycles. The molecule has 4 rings (SSSR count). The summed E-state index contributed by atoms with van der Waals surface area (Å²) >= 11 is 6.09. The first-order valence-electron chi connectivity index (χ1n) is 8.43. The van der Waals surface area contributed by atoms with E-state index < -0.39 is 0 Å². The largest absolute Gasteiger partial charge is 0.471 e. The molecule has 0 atom stereocenters. The number of aromatic nitrogens is 1. The lowest BCUT2D eigenvalue weighted by Crippen LogP contribution is -2.55. The molecule has 0 bridgehead atoms.